The second-order valence-electron chi connectivity index (χ2n) is 1.68. The molecule has 2 N–H and O–H groups in total. The van der Waals surface area contributed by atoms with Gasteiger partial charge >= 0.3 is 0 Å². The lowest BCUT2D eigenvalue weighted by Gasteiger charge is -2.13. The molecule has 10 heavy (non-hydrogen) atoms. The minimum Gasteiger partial charge on any atom is -0.473 e. The van der Waals surface area contributed by atoms with Crippen molar-refractivity contribution in [1.82, 2.24) is 0 Å². The number of halogens is 3. The zero-order chi connectivity index (χ0) is 7.72. The molecule has 1 atom stereocenters. The van der Waals surface area contributed by atoms with Crippen molar-refractivity contribution in [1.29, 1.82) is 0 Å². The van der Waals surface area contributed by atoms with Crippen molar-refractivity contribution in [3.8, 4) is 0 Å². The lowest BCUT2D eigenvalue weighted by Crippen LogP contribution is -2.25. The summed E-state index contributed by atoms with van der Waals surface area (Å²) in [6.07, 6.45) is -1.08. The van der Waals surface area contributed by atoms with Crippen LogP contribution in [0.3, 0.4) is 0 Å². The number of hydrogen-bond donors (Lipinski definition) is 1. The Labute approximate surface area is 54.8 Å². The van der Waals surface area contributed by atoms with Crippen molar-refractivity contribution in [3.05, 3.63) is 23.7 Å². The minimum absolute atomic E-state index is 0.434. The van der Waals surface area contributed by atoms with Gasteiger partial charge in [0.15, 0.2) is 17.5 Å². The van der Waals surface area contributed by atoms with Crippen LogP contribution in [0.2, 0.25) is 0 Å². The number of hydrogen-bond acceptors (Lipinski definition) is 2. The first-order chi connectivity index (χ1) is 4.63. The van der Waals surface area contributed by atoms with Crippen LogP contribution in [0.25, 0.3) is 0 Å². The smallest absolute Gasteiger partial charge is 0.202 e. The van der Waals surface area contributed by atoms with Gasteiger partial charge < -0.3 is 4.74 Å². The Hall–Kier alpha value is -0.970. The fraction of sp³-hybridized carbons (Fsp3) is 0.200. The van der Waals surface area contributed by atoms with Gasteiger partial charge in [0.05, 0.1) is 0 Å². The maximum Gasteiger partial charge on any atom is 0.202 e. The van der Waals surface area contributed by atoms with E-state index in [-0.39, 0.29) is 0 Å². The zero-order valence-corrected chi connectivity index (χ0v) is 4.77. The molecule has 0 saturated heterocycles. The topological polar surface area (TPSA) is 35.2 Å². The molecule has 0 aromatic rings. The highest BCUT2D eigenvalue weighted by molar-refractivity contribution is 5.24. The van der Waals surface area contributed by atoms with Gasteiger partial charge in [0.25, 0.3) is 0 Å². The Kier molecular flexibility index (Phi) is 1.67. The van der Waals surface area contributed by atoms with Gasteiger partial charge in [-0.3, -0.25) is 5.73 Å². The first kappa shape index (κ1) is 7.14. The van der Waals surface area contributed by atoms with Crippen molar-refractivity contribution in [2.24, 2.45) is 5.73 Å². The van der Waals surface area contributed by atoms with Crippen LogP contribution in [-0.4, -0.2) is 6.23 Å². The van der Waals surface area contributed by atoms with Crippen molar-refractivity contribution < 1.29 is 17.9 Å². The van der Waals surface area contributed by atoms with E-state index < -0.39 is 23.7 Å². The van der Waals surface area contributed by atoms with E-state index in [4.69, 9.17) is 5.73 Å². The summed E-state index contributed by atoms with van der Waals surface area (Å²) >= 11 is 0. The molecule has 5 heteroatoms. The molecule has 0 spiro atoms. The van der Waals surface area contributed by atoms with E-state index in [9.17, 15) is 13.2 Å². The average Bonchev–Trinajstić information content (AvgIpc) is 1.93. The summed E-state index contributed by atoms with van der Waals surface area (Å²) in [6, 6.07) is 0. The van der Waals surface area contributed by atoms with Crippen molar-refractivity contribution >= 4 is 0 Å². The molecule has 2 nitrogen and oxygen atoms in total. The molecular formula is C5H4F3NO. The predicted octanol–water partition coefficient (Wildman–Crippen LogP) is 1.26. The van der Waals surface area contributed by atoms with Gasteiger partial charge in [-0.1, -0.05) is 0 Å². The molecule has 0 bridgehead atoms. The van der Waals surface area contributed by atoms with Gasteiger partial charge in [0.2, 0.25) is 6.23 Å². The first-order valence-electron chi connectivity index (χ1n) is 2.45. The second kappa shape index (κ2) is 2.34. The van der Waals surface area contributed by atoms with E-state index in [1.54, 1.807) is 0 Å². The summed E-state index contributed by atoms with van der Waals surface area (Å²) in [5.74, 6) is -4.38. The van der Waals surface area contributed by atoms with Crippen LogP contribution in [0.15, 0.2) is 23.7 Å². The normalized spacial score (nSPS) is 26.0. The second-order valence-corrected chi connectivity index (χ2v) is 1.68. The van der Waals surface area contributed by atoms with Crippen LogP contribution in [0.5, 0.6) is 0 Å². The Morgan fingerprint density at radius 1 is 1.40 bits per heavy atom. The van der Waals surface area contributed by atoms with Crippen LogP contribution in [-0.2, 0) is 4.74 Å². The molecule has 0 aromatic heterocycles. The molecule has 0 amide bonds. The Morgan fingerprint density at radius 2 is 2.00 bits per heavy atom. The summed E-state index contributed by atoms with van der Waals surface area (Å²) in [7, 11) is 0. The molecule has 1 aliphatic rings. The maximum absolute atomic E-state index is 12.2. The van der Waals surface area contributed by atoms with Crippen molar-refractivity contribution in [3.63, 3.8) is 0 Å². The summed E-state index contributed by atoms with van der Waals surface area (Å²) in [6.45, 7) is 0. The van der Waals surface area contributed by atoms with Gasteiger partial charge in [0, 0.05) is 0 Å². The molecule has 0 aromatic carbocycles. The summed E-state index contributed by atoms with van der Waals surface area (Å²) in [4.78, 5) is 0. The third-order valence-corrected chi connectivity index (χ3v) is 0.987. The van der Waals surface area contributed by atoms with Crippen molar-refractivity contribution in [2.45, 2.75) is 6.23 Å². The van der Waals surface area contributed by atoms with E-state index in [0.29, 0.717) is 6.26 Å². The number of rotatable bonds is 0. The van der Waals surface area contributed by atoms with E-state index in [2.05, 4.69) is 4.74 Å². The lowest BCUT2D eigenvalue weighted by molar-refractivity contribution is 0.136. The Balaban J connectivity index is 2.94. The van der Waals surface area contributed by atoms with Crippen LogP contribution in [0.4, 0.5) is 13.2 Å². The van der Waals surface area contributed by atoms with Gasteiger partial charge in [-0.15, -0.1) is 0 Å². The molecule has 0 aliphatic carbocycles. The third-order valence-electron chi connectivity index (χ3n) is 0.987. The van der Waals surface area contributed by atoms with E-state index in [1.165, 1.54) is 0 Å². The highest BCUT2D eigenvalue weighted by atomic mass is 19.2. The summed E-state index contributed by atoms with van der Waals surface area (Å²) in [5, 5.41) is 0. The van der Waals surface area contributed by atoms with Gasteiger partial charge in [-0.25, -0.2) is 13.2 Å². The van der Waals surface area contributed by atoms with Crippen LogP contribution in [0, 0.1) is 0 Å². The van der Waals surface area contributed by atoms with Gasteiger partial charge in [0.1, 0.15) is 6.26 Å². The molecule has 0 fully saturated rings. The molecule has 1 unspecified atom stereocenters. The fourth-order valence-corrected chi connectivity index (χ4v) is 0.483. The van der Waals surface area contributed by atoms with Crippen LogP contribution in [0.1, 0.15) is 0 Å². The maximum atomic E-state index is 12.2. The lowest BCUT2D eigenvalue weighted by atomic mass is 10.3. The number of allylic oxidation sites excluding steroid dienone is 2. The average molecular weight is 151 g/mol. The SMILES string of the molecule is NC1OC=C(F)C(F)=C1F. The van der Waals surface area contributed by atoms with E-state index in [1.807, 2.05) is 0 Å². The molecule has 1 heterocycles. The molecule has 0 saturated carbocycles. The number of nitrogens with two attached hydrogens (primary N) is 1. The highest BCUT2D eigenvalue weighted by Gasteiger charge is 2.23. The quantitative estimate of drug-likeness (QED) is 0.565. The Morgan fingerprint density at radius 3 is 2.50 bits per heavy atom. The minimum atomic E-state index is -1.58. The van der Waals surface area contributed by atoms with Crippen LogP contribution < -0.4 is 5.73 Å². The van der Waals surface area contributed by atoms with Crippen molar-refractivity contribution in [2.75, 3.05) is 0 Å². The molecule has 0 radical (unpaired) electrons. The van der Waals surface area contributed by atoms with Gasteiger partial charge in [-0.05, 0) is 0 Å². The molecule has 1 aliphatic heterocycles. The molecule has 56 valence electrons. The molecular weight excluding hydrogens is 147 g/mol. The van der Waals surface area contributed by atoms with E-state index in [0.717, 1.165) is 0 Å². The predicted molar refractivity (Wildman–Crippen MR) is 27.5 cm³/mol. The summed E-state index contributed by atoms with van der Waals surface area (Å²) in [5.41, 5.74) is 4.82. The fourth-order valence-electron chi connectivity index (χ4n) is 0.483. The zero-order valence-electron chi connectivity index (χ0n) is 4.77. The standard InChI is InChI=1S/C5H4F3NO/c6-2-1-10-5(9)4(8)3(2)7/h1,5H,9H2. The van der Waals surface area contributed by atoms with Crippen LogP contribution >= 0.6 is 0 Å². The monoisotopic (exact) mass is 151 g/mol. The first-order valence-corrected chi connectivity index (χ1v) is 2.45. The largest absolute Gasteiger partial charge is 0.473 e. The highest BCUT2D eigenvalue weighted by Crippen LogP contribution is 2.25. The Bertz CT molecular complexity index is 211. The van der Waals surface area contributed by atoms with E-state index >= 15 is 0 Å². The third kappa shape index (κ3) is 0.995. The number of ether oxygens (including phenoxy) is 1. The summed E-state index contributed by atoms with van der Waals surface area (Å²) < 4.78 is 40.5. The molecule has 1 rings (SSSR count). The van der Waals surface area contributed by atoms with Gasteiger partial charge in [-0.2, -0.15) is 0 Å².